The van der Waals surface area contributed by atoms with Gasteiger partial charge in [-0.25, -0.2) is 9.97 Å². The Bertz CT molecular complexity index is 2990. The Kier molecular flexibility index (Phi) is 6.80. The number of para-hydroxylation sites is 3. The molecule has 3 heterocycles. The molecule has 0 atom stereocenters. The van der Waals surface area contributed by atoms with E-state index in [9.17, 15) is 5.26 Å². The van der Waals surface area contributed by atoms with Crippen molar-refractivity contribution in [3.63, 3.8) is 0 Å². The molecule has 0 aliphatic carbocycles. The van der Waals surface area contributed by atoms with Gasteiger partial charge in [-0.3, -0.25) is 0 Å². The molecule has 7 aromatic carbocycles. The average molecular weight is 664 g/mol. The summed E-state index contributed by atoms with van der Waals surface area (Å²) in [5.74, 6) is 0.654. The summed E-state index contributed by atoms with van der Waals surface area (Å²) in [4.78, 5) is 10.00. The molecule has 0 radical (unpaired) electrons. The summed E-state index contributed by atoms with van der Waals surface area (Å²) in [6, 6.07) is 63.2. The van der Waals surface area contributed by atoms with Gasteiger partial charge < -0.3 is 9.13 Å². The predicted molar refractivity (Wildman–Crippen MR) is 212 cm³/mol. The zero-order valence-electron chi connectivity index (χ0n) is 28.0. The highest BCUT2D eigenvalue weighted by molar-refractivity contribution is 6.19. The van der Waals surface area contributed by atoms with E-state index in [1.807, 2.05) is 60.7 Å². The fourth-order valence-electron chi connectivity index (χ4n) is 7.52. The molecule has 5 heteroatoms. The molecule has 0 N–H and O–H groups in total. The molecule has 0 unspecified atom stereocenters. The predicted octanol–water partition coefficient (Wildman–Crippen LogP) is 11.5. The van der Waals surface area contributed by atoms with E-state index in [0.29, 0.717) is 11.4 Å². The second-order valence-electron chi connectivity index (χ2n) is 13.0. The molecular weight excluding hydrogens is 635 g/mol. The summed E-state index contributed by atoms with van der Waals surface area (Å²) in [6.07, 6.45) is 0. The molecule has 0 spiro atoms. The summed E-state index contributed by atoms with van der Waals surface area (Å²) in [5.41, 5.74) is 12.0. The number of nitriles is 1. The van der Waals surface area contributed by atoms with Crippen LogP contribution in [-0.4, -0.2) is 19.1 Å². The summed E-state index contributed by atoms with van der Waals surface area (Å²) >= 11 is 0. The van der Waals surface area contributed by atoms with Gasteiger partial charge in [0, 0.05) is 49.6 Å². The number of benzene rings is 7. The minimum absolute atomic E-state index is 0.615. The SMILES string of the molecule is N#Cc1ccc(-c2cc(-c3ccc(-n4c5ccccc5c5cc6c7ccccc7n(-c7ccccc7)c6cc54)cc3)nc(-c3ccccc3)n2)cc1. The van der Waals surface area contributed by atoms with Gasteiger partial charge in [0.15, 0.2) is 5.82 Å². The Hall–Kier alpha value is -7.29. The zero-order valence-corrected chi connectivity index (χ0v) is 28.0. The Morgan fingerprint density at radius 2 is 0.865 bits per heavy atom. The van der Waals surface area contributed by atoms with E-state index in [1.165, 1.54) is 32.6 Å². The van der Waals surface area contributed by atoms with Crippen LogP contribution >= 0.6 is 0 Å². The van der Waals surface area contributed by atoms with E-state index in [-0.39, 0.29) is 0 Å². The molecule has 52 heavy (non-hydrogen) atoms. The number of rotatable bonds is 5. The van der Waals surface area contributed by atoms with Crippen LogP contribution in [0.4, 0.5) is 0 Å². The smallest absolute Gasteiger partial charge is 0.160 e. The van der Waals surface area contributed by atoms with E-state index >= 15 is 0 Å². The van der Waals surface area contributed by atoms with Crippen molar-refractivity contribution in [2.75, 3.05) is 0 Å². The zero-order chi connectivity index (χ0) is 34.6. The van der Waals surface area contributed by atoms with Crippen LogP contribution in [0, 0.1) is 11.3 Å². The highest BCUT2D eigenvalue weighted by Crippen LogP contribution is 2.40. The molecular formula is C47H29N5. The molecule has 0 bridgehead atoms. The van der Waals surface area contributed by atoms with Gasteiger partial charge in [0.25, 0.3) is 0 Å². The van der Waals surface area contributed by atoms with E-state index in [4.69, 9.17) is 9.97 Å². The largest absolute Gasteiger partial charge is 0.309 e. The standard InChI is InChI=1S/C47H29N5/c48-30-31-19-21-32(22-20-31)41-28-42(50-47(49-41)34-11-3-1-4-12-34)33-23-25-36(26-24-33)52-44-18-10-8-16-38(44)40-27-39-37-15-7-9-17-43(37)51(45(39)29-46(40)52)35-13-5-2-6-14-35/h1-29H. The molecule has 0 saturated carbocycles. The maximum Gasteiger partial charge on any atom is 0.160 e. The Balaban J connectivity index is 1.15. The van der Waals surface area contributed by atoms with Crippen molar-refractivity contribution in [1.29, 1.82) is 5.26 Å². The lowest BCUT2D eigenvalue weighted by Gasteiger charge is -2.12. The average Bonchev–Trinajstić information content (AvgIpc) is 3.72. The van der Waals surface area contributed by atoms with Gasteiger partial charge in [-0.15, -0.1) is 0 Å². The first-order valence-corrected chi connectivity index (χ1v) is 17.3. The number of hydrogen-bond donors (Lipinski definition) is 0. The minimum Gasteiger partial charge on any atom is -0.309 e. The van der Waals surface area contributed by atoms with Crippen LogP contribution < -0.4 is 0 Å². The van der Waals surface area contributed by atoms with Crippen molar-refractivity contribution >= 4 is 43.6 Å². The van der Waals surface area contributed by atoms with Gasteiger partial charge in [-0.05, 0) is 66.7 Å². The molecule has 0 fully saturated rings. The highest BCUT2D eigenvalue weighted by atomic mass is 15.0. The van der Waals surface area contributed by atoms with Crippen LogP contribution in [0.25, 0.3) is 88.9 Å². The minimum atomic E-state index is 0.615. The van der Waals surface area contributed by atoms with Crippen molar-refractivity contribution in [3.05, 3.63) is 181 Å². The molecule has 0 saturated heterocycles. The van der Waals surface area contributed by atoms with E-state index in [1.54, 1.807) is 0 Å². The van der Waals surface area contributed by atoms with Gasteiger partial charge in [-0.2, -0.15) is 5.26 Å². The molecule has 5 nitrogen and oxygen atoms in total. The molecule has 10 rings (SSSR count). The molecule has 242 valence electrons. The lowest BCUT2D eigenvalue weighted by Crippen LogP contribution is -1.97. The number of aromatic nitrogens is 4. The lowest BCUT2D eigenvalue weighted by atomic mass is 10.0. The fourth-order valence-corrected chi connectivity index (χ4v) is 7.52. The summed E-state index contributed by atoms with van der Waals surface area (Å²) in [6.45, 7) is 0. The van der Waals surface area contributed by atoms with E-state index < -0.39 is 0 Å². The van der Waals surface area contributed by atoms with Crippen molar-refractivity contribution in [1.82, 2.24) is 19.1 Å². The third-order valence-electron chi connectivity index (χ3n) is 9.97. The molecule has 10 aromatic rings. The second kappa shape index (κ2) is 11.9. The van der Waals surface area contributed by atoms with E-state index in [0.717, 1.165) is 50.5 Å². The lowest BCUT2D eigenvalue weighted by molar-refractivity contribution is 1.16. The monoisotopic (exact) mass is 663 g/mol. The van der Waals surface area contributed by atoms with Crippen LogP contribution in [-0.2, 0) is 0 Å². The Morgan fingerprint density at radius 3 is 1.42 bits per heavy atom. The maximum atomic E-state index is 9.35. The highest BCUT2D eigenvalue weighted by Gasteiger charge is 2.19. The molecule has 0 aliphatic heterocycles. The maximum absolute atomic E-state index is 9.35. The third kappa shape index (κ3) is 4.78. The third-order valence-corrected chi connectivity index (χ3v) is 9.97. The summed E-state index contributed by atoms with van der Waals surface area (Å²) in [7, 11) is 0. The van der Waals surface area contributed by atoms with Crippen LogP contribution in [0.3, 0.4) is 0 Å². The first-order valence-electron chi connectivity index (χ1n) is 17.3. The first-order chi connectivity index (χ1) is 25.7. The van der Waals surface area contributed by atoms with Crippen LogP contribution in [0.1, 0.15) is 5.56 Å². The van der Waals surface area contributed by atoms with Crippen molar-refractivity contribution < 1.29 is 0 Å². The van der Waals surface area contributed by atoms with E-state index in [2.05, 4.69) is 130 Å². The van der Waals surface area contributed by atoms with Gasteiger partial charge in [0.2, 0.25) is 0 Å². The fraction of sp³-hybridized carbons (Fsp3) is 0. The van der Waals surface area contributed by atoms with Crippen molar-refractivity contribution in [2.45, 2.75) is 0 Å². The Morgan fingerprint density at radius 1 is 0.385 bits per heavy atom. The quantitative estimate of drug-likeness (QED) is 0.184. The molecule has 3 aromatic heterocycles. The van der Waals surface area contributed by atoms with Gasteiger partial charge in [0.05, 0.1) is 45.1 Å². The van der Waals surface area contributed by atoms with Gasteiger partial charge >= 0.3 is 0 Å². The van der Waals surface area contributed by atoms with Crippen molar-refractivity contribution in [2.24, 2.45) is 0 Å². The topological polar surface area (TPSA) is 59.4 Å². The summed E-state index contributed by atoms with van der Waals surface area (Å²) < 4.78 is 4.75. The molecule has 0 amide bonds. The first kappa shape index (κ1) is 29.6. The number of fused-ring (bicyclic) bond motifs is 6. The normalized spacial score (nSPS) is 11.4. The van der Waals surface area contributed by atoms with Crippen LogP contribution in [0.15, 0.2) is 176 Å². The number of hydrogen-bond acceptors (Lipinski definition) is 3. The van der Waals surface area contributed by atoms with Crippen LogP contribution in [0.5, 0.6) is 0 Å². The summed E-state index contributed by atoms with van der Waals surface area (Å²) in [5, 5.41) is 14.3. The van der Waals surface area contributed by atoms with Gasteiger partial charge in [0.1, 0.15) is 0 Å². The number of nitrogens with zero attached hydrogens (tertiary/aromatic N) is 5. The van der Waals surface area contributed by atoms with Gasteiger partial charge in [-0.1, -0.05) is 109 Å². The Labute approximate surface area is 299 Å². The second-order valence-corrected chi connectivity index (χ2v) is 13.0. The molecule has 0 aliphatic rings. The van der Waals surface area contributed by atoms with Crippen LogP contribution in [0.2, 0.25) is 0 Å². The van der Waals surface area contributed by atoms with Crippen molar-refractivity contribution in [3.8, 4) is 51.3 Å².